The fourth-order valence-electron chi connectivity index (χ4n) is 2.68. The van der Waals surface area contributed by atoms with E-state index in [4.69, 9.17) is 18.9 Å². The SMILES string of the molecule is CCC(C)OC(=O)c1ccc(C(=O)OC(C)CC)c(C(=O)OC(C)CC)c1C(=O)OC(C)CC. The van der Waals surface area contributed by atoms with Gasteiger partial charge in [0.2, 0.25) is 0 Å². The largest absolute Gasteiger partial charge is 0.459 e. The average molecular weight is 479 g/mol. The monoisotopic (exact) mass is 478 g/mol. The summed E-state index contributed by atoms with van der Waals surface area (Å²) in [6.07, 6.45) is 0.330. The van der Waals surface area contributed by atoms with Gasteiger partial charge in [-0.3, -0.25) is 0 Å². The Morgan fingerprint density at radius 2 is 0.765 bits per heavy atom. The maximum Gasteiger partial charge on any atom is 0.340 e. The predicted octanol–water partition coefficient (Wildman–Crippen LogP) is 5.51. The van der Waals surface area contributed by atoms with Gasteiger partial charge in [0.25, 0.3) is 0 Å². The van der Waals surface area contributed by atoms with Crippen molar-refractivity contribution in [3.05, 3.63) is 34.4 Å². The maximum absolute atomic E-state index is 13.2. The first-order chi connectivity index (χ1) is 16.0. The molecule has 8 heteroatoms. The molecule has 1 aromatic rings. The molecular weight excluding hydrogens is 440 g/mol. The van der Waals surface area contributed by atoms with E-state index in [9.17, 15) is 19.2 Å². The first kappa shape index (κ1) is 29.1. The van der Waals surface area contributed by atoms with Gasteiger partial charge in [-0.25, -0.2) is 19.2 Å². The molecule has 1 rings (SSSR count). The lowest BCUT2D eigenvalue weighted by atomic mass is 9.95. The van der Waals surface area contributed by atoms with Crippen molar-refractivity contribution in [2.75, 3.05) is 0 Å². The standard InChI is InChI=1S/C26H38O8/c1-9-15(5)31-23(27)19-13-14-20(24(28)32-16(6)10-2)22(26(30)34-18(8)12-4)21(19)25(29)33-17(7)11-3/h13-18H,9-12H2,1-8H3. The molecule has 0 heterocycles. The summed E-state index contributed by atoms with van der Waals surface area (Å²) in [7, 11) is 0. The van der Waals surface area contributed by atoms with Crippen LogP contribution < -0.4 is 0 Å². The number of esters is 4. The Hall–Kier alpha value is -2.90. The summed E-state index contributed by atoms with van der Waals surface area (Å²) in [5.41, 5.74) is -1.07. The Morgan fingerprint density at radius 3 is 1.00 bits per heavy atom. The Balaban J connectivity index is 3.81. The molecule has 34 heavy (non-hydrogen) atoms. The lowest BCUT2D eigenvalue weighted by Crippen LogP contribution is -2.27. The van der Waals surface area contributed by atoms with Gasteiger partial charge in [0.15, 0.2) is 0 Å². The molecule has 0 radical (unpaired) electrons. The van der Waals surface area contributed by atoms with Crippen LogP contribution in [0.2, 0.25) is 0 Å². The molecule has 1 aromatic carbocycles. The Labute approximate surface area is 202 Å². The number of hydrogen-bond acceptors (Lipinski definition) is 8. The number of carbonyl (C=O) groups is 4. The average Bonchev–Trinajstić information content (AvgIpc) is 2.81. The molecule has 0 aliphatic carbocycles. The van der Waals surface area contributed by atoms with Gasteiger partial charge in [-0.2, -0.15) is 0 Å². The van der Waals surface area contributed by atoms with Crippen molar-refractivity contribution in [3.63, 3.8) is 0 Å². The van der Waals surface area contributed by atoms with E-state index in [0.717, 1.165) is 0 Å². The number of hydrogen-bond donors (Lipinski definition) is 0. The first-order valence-corrected chi connectivity index (χ1v) is 12.0. The van der Waals surface area contributed by atoms with E-state index in [1.807, 2.05) is 27.7 Å². The highest BCUT2D eigenvalue weighted by molar-refractivity contribution is 6.15. The predicted molar refractivity (Wildman–Crippen MR) is 127 cm³/mol. The molecule has 0 amide bonds. The van der Waals surface area contributed by atoms with Crippen molar-refractivity contribution in [2.45, 2.75) is 105 Å². The van der Waals surface area contributed by atoms with E-state index in [0.29, 0.717) is 25.7 Å². The second-order valence-corrected chi connectivity index (χ2v) is 8.41. The zero-order chi connectivity index (χ0) is 26.0. The van der Waals surface area contributed by atoms with Gasteiger partial charge in [0, 0.05) is 0 Å². The van der Waals surface area contributed by atoms with Crippen LogP contribution in [0.15, 0.2) is 12.1 Å². The minimum absolute atomic E-state index is 0.176. The minimum Gasteiger partial charge on any atom is -0.459 e. The minimum atomic E-state index is -0.917. The van der Waals surface area contributed by atoms with Crippen molar-refractivity contribution in [2.24, 2.45) is 0 Å². The van der Waals surface area contributed by atoms with Gasteiger partial charge in [0.05, 0.1) is 46.7 Å². The van der Waals surface area contributed by atoms with E-state index in [1.54, 1.807) is 27.7 Å². The van der Waals surface area contributed by atoms with Gasteiger partial charge in [0.1, 0.15) is 0 Å². The second-order valence-electron chi connectivity index (χ2n) is 8.41. The first-order valence-electron chi connectivity index (χ1n) is 12.0. The van der Waals surface area contributed by atoms with Crippen molar-refractivity contribution >= 4 is 23.9 Å². The molecule has 0 bridgehead atoms. The van der Waals surface area contributed by atoms with Gasteiger partial charge in [-0.05, 0) is 65.5 Å². The Bertz CT molecular complexity index is 805. The van der Waals surface area contributed by atoms with E-state index >= 15 is 0 Å². The molecule has 0 aliphatic heterocycles. The second kappa shape index (κ2) is 13.7. The maximum atomic E-state index is 13.2. The van der Waals surface area contributed by atoms with Gasteiger partial charge < -0.3 is 18.9 Å². The van der Waals surface area contributed by atoms with E-state index in [-0.39, 0.29) is 22.3 Å². The fraction of sp³-hybridized carbons (Fsp3) is 0.615. The molecule has 0 fully saturated rings. The fourth-order valence-corrected chi connectivity index (χ4v) is 2.68. The Kier molecular flexibility index (Phi) is 11.8. The molecule has 0 spiro atoms. The van der Waals surface area contributed by atoms with Crippen LogP contribution in [0.3, 0.4) is 0 Å². The molecule has 4 atom stereocenters. The molecule has 190 valence electrons. The van der Waals surface area contributed by atoms with Crippen LogP contribution in [0.25, 0.3) is 0 Å². The third-order valence-electron chi connectivity index (χ3n) is 5.59. The molecule has 0 aromatic heterocycles. The Morgan fingerprint density at radius 1 is 0.529 bits per heavy atom. The molecule has 4 unspecified atom stereocenters. The third kappa shape index (κ3) is 7.85. The molecule has 0 aliphatic rings. The molecule has 0 saturated carbocycles. The van der Waals surface area contributed by atoms with Crippen LogP contribution in [0.4, 0.5) is 0 Å². The van der Waals surface area contributed by atoms with Gasteiger partial charge in [-0.15, -0.1) is 0 Å². The lowest BCUT2D eigenvalue weighted by molar-refractivity contribution is 0.0249. The van der Waals surface area contributed by atoms with Gasteiger partial charge >= 0.3 is 23.9 Å². The number of rotatable bonds is 12. The topological polar surface area (TPSA) is 105 Å². The zero-order valence-corrected chi connectivity index (χ0v) is 21.6. The van der Waals surface area contributed by atoms with Crippen LogP contribution in [0.1, 0.15) is 123 Å². The van der Waals surface area contributed by atoms with Crippen LogP contribution in [0.5, 0.6) is 0 Å². The molecule has 8 nitrogen and oxygen atoms in total. The highest BCUT2D eigenvalue weighted by atomic mass is 16.6. The van der Waals surface area contributed by atoms with E-state index < -0.39 is 48.3 Å². The molecule has 0 saturated heterocycles. The zero-order valence-electron chi connectivity index (χ0n) is 21.6. The summed E-state index contributed by atoms with van der Waals surface area (Å²) in [6, 6.07) is 2.57. The summed E-state index contributed by atoms with van der Waals surface area (Å²) in [5, 5.41) is 0. The van der Waals surface area contributed by atoms with Gasteiger partial charge in [-0.1, -0.05) is 27.7 Å². The highest BCUT2D eigenvalue weighted by Gasteiger charge is 2.34. The van der Waals surface area contributed by atoms with Crippen molar-refractivity contribution in [3.8, 4) is 0 Å². The molecule has 0 N–H and O–H groups in total. The molecular formula is C26H38O8. The quantitative estimate of drug-likeness (QED) is 0.286. The van der Waals surface area contributed by atoms with Crippen LogP contribution in [0, 0.1) is 0 Å². The highest BCUT2D eigenvalue weighted by Crippen LogP contribution is 2.26. The van der Waals surface area contributed by atoms with E-state index in [1.165, 1.54) is 12.1 Å². The van der Waals surface area contributed by atoms with Crippen molar-refractivity contribution < 1.29 is 38.1 Å². The van der Waals surface area contributed by atoms with Crippen molar-refractivity contribution in [1.29, 1.82) is 0 Å². The third-order valence-corrected chi connectivity index (χ3v) is 5.59. The number of carbonyl (C=O) groups excluding carboxylic acids is 4. The van der Waals surface area contributed by atoms with Crippen molar-refractivity contribution in [1.82, 2.24) is 0 Å². The van der Waals surface area contributed by atoms with Crippen LogP contribution >= 0.6 is 0 Å². The summed E-state index contributed by atoms with van der Waals surface area (Å²) in [4.78, 5) is 52.4. The summed E-state index contributed by atoms with van der Waals surface area (Å²) < 4.78 is 21.7. The van der Waals surface area contributed by atoms with E-state index in [2.05, 4.69) is 0 Å². The summed E-state index contributed by atoms with van der Waals surface area (Å²) in [6.45, 7) is 14.1. The smallest absolute Gasteiger partial charge is 0.340 e. The van der Waals surface area contributed by atoms with Crippen LogP contribution in [-0.4, -0.2) is 48.3 Å². The lowest BCUT2D eigenvalue weighted by Gasteiger charge is -2.21. The number of ether oxygens (including phenoxy) is 4. The normalized spacial score (nSPS) is 14.4. The summed E-state index contributed by atoms with van der Waals surface area (Å²) >= 11 is 0. The number of benzene rings is 1. The van der Waals surface area contributed by atoms with Crippen LogP contribution in [-0.2, 0) is 18.9 Å². The summed E-state index contributed by atoms with van der Waals surface area (Å²) in [5.74, 6) is -3.44.